The lowest BCUT2D eigenvalue weighted by molar-refractivity contribution is 0.478. The number of benzene rings is 1. The lowest BCUT2D eigenvalue weighted by Crippen LogP contribution is -2.19. The van der Waals surface area contributed by atoms with Gasteiger partial charge in [-0.25, -0.2) is 10.0 Å². The van der Waals surface area contributed by atoms with Gasteiger partial charge < -0.3 is 0 Å². The second kappa shape index (κ2) is 5.85. The summed E-state index contributed by atoms with van der Waals surface area (Å²) in [5.74, 6) is 0.524. The van der Waals surface area contributed by atoms with Gasteiger partial charge >= 0.3 is 0 Å². The molecule has 98 valence electrons. The minimum Gasteiger partial charge on any atom is -0.229 e. The van der Waals surface area contributed by atoms with Crippen molar-refractivity contribution in [2.45, 2.75) is 20.3 Å². The summed E-state index contributed by atoms with van der Waals surface area (Å²) >= 11 is 6.24. The van der Waals surface area contributed by atoms with E-state index in [1.165, 1.54) is 5.01 Å². The largest absolute Gasteiger partial charge is 0.229 e. The summed E-state index contributed by atoms with van der Waals surface area (Å²) in [5.41, 5.74) is 3.03. The average molecular weight is 274 g/mol. The predicted molar refractivity (Wildman–Crippen MR) is 81.4 cm³/mol. The molecule has 0 aromatic heterocycles. The minimum absolute atomic E-state index is 0.503. The smallest absolute Gasteiger partial charge is 0.148 e. The molecule has 0 N–H and O–H groups in total. The number of hydrogen-bond donors (Lipinski definition) is 0. The van der Waals surface area contributed by atoms with Gasteiger partial charge in [0, 0.05) is 17.9 Å². The first kappa shape index (κ1) is 13.6. The second-order valence-corrected chi connectivity index (χ2v) is 4.60. The molecule has 0 atom stereocenters. The first-order chi connectivity index (χ1) is 9.13. The molecular weight excluding hydrogens is 258 g/mol. The maximum Gasteiger partial charge on any atom is 0.148 e. The average Bonchev–Trinajstić information content (AvgIpc) is 2.38. The molecule has 0 radical (unpaired) electrons. The Morgan fingerprint density at radius 1 is 1.42 bits per heavy atom. The third-order valence-electron chi connectivity index (χ3n) is 2.75. The van der Waals surface area contributed by atoms with Gasteiger partial charge in [-0.1, -0.05) is 49.4 Å². The molecule has 4 heteroatoms. The predicted octanol–water partition coefficient (Wildman–Crippen LogP) is 4.05. The molecule has 2 rings (SSSR count). The highest BCUT2D eigenvalue weighted by molar-refractivity contribution is 6.32. The summed E-state index contributed by atoms with van der Waals surface area (Å²) in [6.45, 7) is 7.96. The molecule has 0 spiro atoms. The van der Waals surface area contributed by atoms with Gasteiger partial charge in [-0.3, -0.25) is 0 Å². The number of allylic oxidation sites excluding steroid dienone is 1. The molecule has 0 bridgehead atoms. The molecule has 0 unspecified atom stereocenters. The standard InChI is InChI=1S/C15H16ClN3/c1-4-9-17-19-12(3)18-14(10-15(19)16)13-8-6-5-7-11(13)2/h5-10H,3-4H2,1-2H3/b17-9-. The fourth-order valence-electron chi connectivity index (χ4n) is 1.80. The number of hydrazone groups is 1. The van der Waals surface area contributed by atoms with E-state index in [9.17, 15) is 0 Å². The van der Waals surface area contributed by atoms with Crippen LogP contribution in [0.25, 0.3) is 0 Å². The van der Waals surface area contributed by atoms with Crippen LogP contribution in [-0.2, 0) is 0 Å². The molecular formula is C15H16ClN3. The molecule has 0 saturated carbocycles. The summed E-state index contributed by atoms with van der Waals surface area (Å²) < 4.78 is 0. The van der Waals surface area contributed by atoms with E-state index in [2.05, 4.69) is 16.7 Å². The zero-order chi connectivity index (χ0) is 13.8. The van der Waals surface area contributed by atoms with Gasteiger partial charge in [0.15, 0.2) is 0 Å². The Morgan fingerprint density at radius 3 is 2.79 bits per heavy atom. The number of hydrogen-bond acceptors (Lipinski definition) is 3. The topological polar surface area (TPSA) is 28.0 Å². The highest BCUT2D eigenvalue weighted by Gasteiger charge is 2.18. The maximum atomic E-state index is 6.24. The summed E-state index contributed by atoms with van der Waals surface area (Å²) in [7, 11) is 0. The van der Waals surface area contributed by atoms with Gasteiger partial charge in [0.25, 0.3) is 0 Å². The maximum absolute atomic E-state index is 6.24. The highest BCUT2D eigenvalue weighted by Crippen LogP contribution is 2.24. The van der Waals surface area contributed by atoms with Gasteiger partial charge in [0.1, 0.15) is 11.0 Å². The van der Waals surface area contributed by atoms with E-state index >= 15 is 0 Å². The molecule has 1 aromatic carbocycles. The van der Waals surface area contributed by atoms with Crippen LogP contribution in [0.4, 0.5) is 0 Å². The summed E-state index contributed by atoms with van der Waals surface area (Å²) in [6, 6.07) is 8.05. The fourth-order valence-corrected chi connectivity index (χ4v) is 2.04. The highest BCUT2D eigenvalue weighted by atomic mass is 35.5. The van der Waals surface area contributed by atoms with Crippen molar-refractivity contribution in [3.8, 4) is 0 Å². The van der Waals surface area contributed by atoms with Crippen molar-refractivity contribution in [1.82, 2.24) is 5.01 Å². The fraction of sp³-hybridized carbons (Fsp3) is 0.200. The van der Waals surface area contributed by atoms with E-state index in [1.807, 2.05) is 44.2 Å². The van der Waals surface area contributed by atoms with Crippen LogP contribution in [0.3, 0.4) is 0 Å². The van der Waals surface area contributed by atoms with E-state index in [0.29, 0.717) is 11.0 Å². The van der Waals surface area contributed by atoms with Crippen molar-refractivity contribution >= 4 is 23.5 Å². The van der Waals surface area contributed by atoms with E-state index in [4.69, 9.17) is 11.6 Å². The van der Waals surface area contributed by atoms with Crippen molar-refractivity contribution in [2.75, 3.05) is 0 Å². The minimum atomic E-state index is 0.503. The first-order valence-corrected chi connectivity index (χ1v) is 6.54. The lowest BCUT2D eigenvalue weighted by atomic mass is 10.0. The molecule has 0 amide bonds. The molecule has 0 saturated heterocycles. The zero-order valence-corrected chi connectivity index (χ0v) is 11.9. The van der Waals surface area contributed by atoms with Crippen LogP contribution in [0.15, 0.2) is 58.0 Å². The Bertz CT molecular complexity index is 585. The van der Waals surface area contributed by atoms with Crippen molar-refractivity contribution in [3.63, 3.8) is 0 Å². The van der Waals surface area contributed by atoms with E-state index in [1.54, 1.807) is 6.21 Å². The van der Waals surface area contributed by atoms with E-state index < -0.39 is 0 Å². The molecule has 1 heterocycles. The summed E-state index contributed by atoms with van der Waals surface area (Å²) in [4.78, 5) is 4.47. The molecule has 0 aliphatic carbocycles. The quantitative estimate of drug-likeness (QED) is 0.603. The van der Waals surface area contributed by atoms with Gasteiger partial charge in [-0.15, -0.1) is 0 Å². The molecule has 3 nitrogen and oxygen atoms in total. The molecule has 19 heavy (non-hydrogen) atoms. The number of aliphatic imine (C=N–C) groups is 1. The monoisotopic (exact) mass is 273 g/mol. The molecule has 1 aromatic rings. The zero-order valence-electron chi connectivity index (χ0n) is 11.1. The summed E-state index contributed by atoms with van der Waals surface area (Å²) in [5, 5.41) is 6.25. The number of nitrogens with zero attached hydrogens (tertiary/aromatic N) is 3. The van der Waals surface area contributed by atoms with Gasteiger partial charge in [-0.2, -0.15) is 5.10 Å². The van der Waals surface area contributed by atoms with Crippen molar-refractivity contribution in [3.05, 3.63) is 59.0 Å². The van der Waals surface area contributed by atoms with Crippen LogP contribution in [0.2, 0.25) is 0 Å². The third-order valence-corrected chi connectivity index (χ3v) is 3.02. The van der Waals surface area contributed by atoms with E-state index in [-0.39, 0.29) is 0 Å². The van der Waals surface area contributed by atoms with Gasteiger partial charge in [0.05, 0.1) is 5.71 Å². The van der Waals surface area contributed by atoms with Crippen LogP contribution in [-0.4, -0.2) is 16.9 Å². The first-order valence-electron chi connectivity index (χ1n) is 6.17. The number of aryl methyl sites for hydroxylation is 1. The van der Waals surface area contributed by atoms with Crippen LogP contribution < -0.4 is 0 Å². The van der Waals surface area contributed by atoms with E-state index in [0.717, 1.165) is 23.3 Å². The normalized spacial score (nSPS) is 15.7. The SMILES string of the molecule is C=C1N=C(c2ccccc2C)C=C(Cl)N1/N=C\CC. The van der Waals surface area contributed by atoms with Crippen molar-refractivity contribution in [2.24, 2.45) is 10.1 Å². The molecule has 1 aliphatic rings. The van der Waals surface area contributed by atoms with Gasteiger partial charge in [0.2, 0.25) is 0 Å². The van der Waals surface area contributed by atoms with Crippen molar-refractivity contribution < 1.29 is 0 Å². The van der Waals surface area contributed by atoms with Gasteiger partial charge in [-0.05, 0) is 18.9 Å². The Morgan fingerprint density at radius 2 is 2.16 bits per heavy atom. The van der Waals surface area contributed by atoms with Crippen LogP contribution in [0.1, 0.15) is 24.5 Å². The lowest BCUT2D eigenvalue weighted by Gasteiger charge is -2.22. The number of halogens is 1. The molecule has 0 fully saturated rings. The Labute approximate surface area is 118 Å². The van der Waals surface area contributed by atoms with Crippen LogP contribution in [0, 0.1) is 6.92 Å². The summed E-state index contributed by atoms with van der Waals surface area (Å²) in [6.07, 6.45) is 4.42. The van der Waals surface area contributed by atoms with Crippen LogP contribution >= 0.6 is 11.6 Å². The van der Waals surface area contributed by atoms with Crippen LogP contribution in [0.5, 0.6) is 0 Å². The van der Waals surface area contributed by atoms with Crippen molar-refractivity contribution in [1.29, 1.82) is 0 Å². The second-order valence-electron chi connectivity index (χ2n) is 4.21. The molecule has 1 aliphatic heterocycles. The third kappa shape index (κ3) is 2.93. The Balaban J connectivity index is 2.35. The Kier molecular flexibility index (Phi) is 4.17. The number of rotatable bonds is 3. The Hall–Kier alpha value is -1.87.